The Morgan fingerprint density at radius 3 is 1.00 bits per heavy atom. The van der Waals surface area contributed by atoms with Gasteiger partial charge >= 0.3 is 73.9 Å². The molecule has 32 valence electrons. The normalized spacial score (nSPS) is 0. The number of hydrogen-bond donors (Lipinski definition) is 0. The predicted molar refractivity (Wildman–Crippen MR) is 27.0 cm³/mol. The summed E-state index contributed by atoms with van der Waals surface area (Å²) in [5.41, 5.74) is 0. The second kappa shape index (κ2) is 16.3. The van der Waals surface area contributed by atoms with E-state index in [1.807, 2.05) is 0 Å². The number of hydrogen-bond acceptors (Lipinski definition) is 0. The molecule has 0 spiro atoms. The van der Waals surface area contributed by atoms with Crippen LogP contribution in [0.2, 0.25) is 0 Å². The molecule has 0 N–H and O–H groups in total. The Morgan fingerprint density at radius 1 is 1.00 bits per heavy atom. The van der Waals surface area contributed by atoms with Gasteiger partial charge in [-0.05, 0) is 0 Å². The second-order valence-electron chi connectivity index (χ2n) is 0. The average molecular weight is 479 g/mol. The standard InChI is InChI=1S/Ag.In.Sb.HTe.6H/h;;;1H;;;;;;. The Morgan fingerprint density at radius 2 is 1.00 bits per heavy atom. The number of rotatable bonds is 0. The van der Waals surface area contributed by atoms with Crippen LogP contribution in [-0.4, -0.2) is 73.9 Å². The van der Waals surface area contributed by atoms with Gasteiger partial charge in [-0.15, -0.1) is 0 Å². The van der Waals surface area contributed by atoms with Crippen LogP contribution < -0.4 is 0 Å². The van der Waals surface area contributed by atoms with E-state index in [1.54, 1.807) is 0 Å². The first kappa shape index (κ1) is 26.9. The van der Waals surface area contributed by atoms with Gasteiger partial charge in [0.05, 0.1) is 0 Å². The molecule has 0 bridgehead atoms. The van der Waals surface area contributed by atoms with Crippen LogP contribution in [0.15, 0.2) is 0 Å². The Balaban J connectivity index is 0. The van der Waals surface area contributed by atoms with Gasteiger partial charge in [0.25, 0.3) is 0 Å². The van der Waals surface area contributed by atoms with Gasteiger partial charge < -0.3 is 0 Å². The molecule has 4 heavy (non-hydrogen) atoms. The van der Waals surface area contributed by atoms with Crippen molar-refractivity contribution in [2.24, 2.45) is 0 Å². The molecule has 0 aliphatic rings. The summed E-state index contributed by atoms with van der Waals surface area (Å²) in [5.74, 6) is 0. The molecule has 0 nitrogen and oxygen atoms in total. The van der Waals surface area contributed by atoms with Crippen molar-refractivity contribution in [1.82, 2.24) is 0 Å². The average Bonchev–Trinajstić information content (AvgIpc) is 0. The van der Waals surface area contributed by atoms with E-state index in [0.29, 0.717) is 0 Å². The van der Waals surface area contributed by atoms with Crippen LogP contribution in [0.3, 0.4) is 0 Å². The Labute approximate surface area is 94.3 Å². The molecule has 0 heterocycles. The zero-order valence-electron chi connectivity index (χ0n) is 1.46. The fourth-order valence-corrected chi connectivity index (χ4v) is 0. The maximum atomic E-state index is 0. The minimum atomic E-state index is 0. The summed E-state index contributed by atoms with van der Waals surface area (Å²) in [4.78, 5) is 0. The van der Waals surface area contributed by atoms with Gasteiger partial charge in [0.2, 0.25) is 0 Å². The zero-order valence-corrected chi connectivity index (χ0v) is 9.53. The third-order valence-electron chi connectivity index (χ3n) is 0. The molecule has 4 heteroatoms. The summed E-state index contributed by atoms with van der Waals surface area (Å²) in [6, 6.07) is 0. The molecule has 0 rings (SSSR count). The van der Waals surface area contributed by atoms with Gasteiger partial charge in [-0.2, -0.15) is 0 Å². The van der Waals surface area contributed by atoms with Gasteiger partial charge in [0, 0.05) is 22.4 Å². The van der Waals surface area contributed by atoms with E-state index in [-0.39, 0.29) is 96.3 Å². The van der Waals surface area contributed by atoms with Gasteiger partial charge in [0.15, 0.2) is 0 Å². The molecule has 0 saturated carbocycles. The van der Waals surface area contributed by atoms with E-state index in [9.17, 15) is 0 Å². The zero-order chi connectivity index (χ0) is 0. The summed E-state index contributed by atoms with van der Waals surface area (Å²) in [6.07, 6.45) is 0. The van der Waals surface area contributed by atoms with E-state index < -0.39 is 0 Å². The third-order valence-corrected chi connectivity index (χ3v) is 0. The Hall–Kier alpha value is 3.22. The molecule has 0 aromatic carbocycles. The molecule has 0 aromatic heterocycles. The van der Waals surface area contributed by atoms with Crippen molar-refractivity contribution in [2.45, 2.75) is 0 Å². The van der Waals surface area contributed by atoms with E-state index in [1.165, 1.54) is 0 Å². The van der Waals surface area contributed by atoms with E-state index in [0.717, 1.165) is 0 Å². The van der Waals surface area contributed by atoms with Gasteiger partial charge in [-0.3, -0.25) is 0 Å². The quantitative estimate of drug-likeness (QED) is 0.325. The first-order chi connectivity index (χ1) is 0. The first-order valence-electron chi connectivity index (χ1n) is 0. The van der Waals surface area contributed by atoms with Crippen LogP contribution in [0.5, 0.6) is 0 Å². The van der Waals surface area contributed by atoms with Crippen LogP contribution >= 0.6 is 0 Å². The van der Waals surface area contributed by atoms with Crippen LogP contribution in [0, 0.1) is 0 Å². The van der Waals surface area contributed by atoms with E-state index in [2.05, 4.69) is 0 Å². The van der Waals surface area contributed by atoms with E-state index >= 15 is 0 Å². The van der Waals surface area contributed by atoms with E-state index in [4.69, 9.17) is 0 Å². The first-order valence-corrected chi connectivity index (χ1v) is 0. The molecular formula is H7AgInSbTe. The monoisotopic (exact) mass is 480 g/mol. The molecule has 0 aliphatic carbocycles. The fraction of sp³-hybridized carbons (Fsp3) is 0. The van der Waals surface area contributed by atoms with Crippen molar-refractivity contribution in [1.29, 1.82) is 0 Å². The molecule has 0 unspecified atom stereocenters. The summed E-state index contributed by atoms with van der Waals surface area (Å²) >= 11 is 0. The molecule has 0 atom stereocenters. The summed E-state index contributed by atoms with van der Waals surface area (Å²) in [7, 11) is 0. The predicted octanol–water partition coefficient (Wildman–Crippen LogP) is -3.02. The molecular weight excluding hydrogens is 472 g/mol. The van der Waals surface area contributed by atoms with Gasteiger partial charge in [-0.25, -0.2) is 0 Å². The van der Waals surface area contributed by atoms with Crippen LogP contribution in [-0.2, 0) is 22.4 Å². The SMILES string of the molecule is [Ag].[InH3].[SbH3].[TeH]. The van der Waals surface area contributed by atoms with Crippen molar-refractivity contribution < 1.29 is 22.4 Å². The van der Waals surface area contributed by atoms with Crippen molar-refractivity contribution in [3.8, 4) is 0 Å². The van der Waals surface area contributed by atoms with Crippen molar-refractivity contribution >= 4 is 73.9 Å². The summed E-state index contributed by atoms with van der Waals surface area (Å²) in [6.45, 7) is 0. The van der Waals surface area contributed by atoms with Gasteiger partial charge in [0.1, 0.15) is 0 Å². The Bertz CT molecular complexity index is 8.00. The van der Waals surface area contributed by atoms with Crippen LogP contribution in [0.4, 0.5) is 0 Å². The maximum absolute atomic E-state index is 0. The molecule has 0 aliphatic heterocycles. The second-order valence-corrected chi connectivity index (χ2v) is 0. The third kappa shape index (κ3) is 8.96. The molecule has 0 saturated heterocycles. The van der Waals surface area contributed by atoms with Crippen molar-refractivity contribution in [2.75, 3.05) is 0 Å². The summed E-state index contributed by atoms with van der Waals surface area (Å²) < 4.78 is 0. The fourth-order valence-electron chi connectivity index (χ4n) is 0. The van der Waals surface area contributed by atoms with Gasteiger partial charge in [-0.1, -0.05) is 0 Å². The molecule has 0 aromatic rings. The van der Waals surface area contributed by atoms with Crippen LogP contribution in [0.25, 0.3) is 0 Å². The molecule has 0 amide bonds. The minimum absolute atomic E-state index is 0. The van der Waals surface area contributed by atoms with Crippen molar-refractivity contribution in [3.05, 3.63) is 0 Å². The molecule has 0 fully saturated rings. The Kier molecular flexibility index (Phi) is 110. The van der Waals surface area contributed by atoms with Crippen molar-refractivity contribution in [3.63, 3.8) is 0 Å². The summed E-state index contributed by atoms with van der Waals surface area (Å²) in [5, 5.41) is 0. The topological polar surface area (TPSA) is 0 Å². The molecule has 2 radical (unpaired) electrons. The van der Waals surface area contributed by atoms with Crippen LogP contribution in [0.1, 0.15) is 0 Å².